The highest BCUT2D eigenvalue weighted by molar-refractivity contribution is 5.86. The molecule has 7 nitrogen and oxygen atoms in total. The molecular formula is C18H31NO6. The molecule has 1 fully saturated rings. The second-order valence-corrected chi connectivity index (χ2v) is 7.73. The van der Waals surface area contributed by atoms with Gasteiger partial charge in [-0.3, -0.25) is 19.3 Å². The third-order valence-electron chi connectivity index (χ3n) is 4.62. The molecule has 0 atom stereocenters. The minimum atomic E-state index is -0.714. The van der Waals surface area contributed by atoms with Crippen LogP contribution in [0.5, 0.6) is 0 Å². The number of methoxy groups -OCH3 is 1. The van der Waals surface area contributed by atoms with E-state index in [9.17, 15) is 14.4 Å². The standard InChI is InChI=1S/C18H31NO6/c1-13(20)25-16(22)8-7-15(21)24-10-9-19-17(2,3)11-14(23-6)12-18(19,4)5/h14H,7-12H2,1-6H3. The van der Waals surface area contributed by atoms with E-state index in [-0.39, 0.29) is 36.6 Å². The van der Waals surface area contributed by atoms with Crippen LogP contribution in [-0.2, 0) is 28.6 Å². The van der Waals surface area contributed by atoms with E-state index in [4.69, 9.17) is 9.47 Å². The average molecular weight is 357 g/mol. The van der Waals surface area contributed by atoms with E-state index in [1.807, 2.05) is 0 Å². The Balaban J connectivity index is 2.45. The highest BCUT2D eigenvalue weighted by atomic mass is 16.6. The molecule has 0 saturated carbocycles. The largest absolute Gasteiger partial charge is 0.464 e. The van der Waals surface area contributed by atoms with Crippen molar-refractivity contribution in [2.75, 3.05) is 20.3 Å². The van der Waals surface area contributed by atoms with Crippen LogP contribution in [0.1, 0.15) is 60.3 Å². The van der Waals surface area contributed by atoms with Gasteiger partial charge in [0.05, 0.1) is 18.9 Å². The van der Waals surface area contributed by atoms with Crippen LogP contribution in [-0.4, -0.2) is 60.3 Å². The molecule has 1 aliphatic rings. The summed E-state index contributed by atoms with van der Waals surface area (Å²) in [6.45, 7) is 10.7. The zero-order chi connectivity index (χ0) is 19.3. The highest BCUT2D eigenvalue weighted by Crippen LogP contribution is 2.39. The fourth-order valence-corrected chi connectivity index (χ4v) is 3.74. The van der Waals surface area contributed by atoms with Gasteiger partial charge in [0.2, 0.25) is 0 Å². The SMILES string of the molecule is COC1CC(C)(C)N(CCOC(=O)CCC(=O)OC(C)=O)C(C)(C)C1. The summed E-state index contributed by atoms with van der Waals surface area (Å²) in [5.41, 5.74) is -0.139. The van der Waals surface area contributed by atoms with Crippen LogP contribution >= 0.6 is 0 Å². The van der Waals surface area contributed by atoms with Crippen molar-refractivity contribution in [3.63, 3.8) is 0 Å². The lowest BCUT2D eigenvalue weighted by Gasteiger charge is -2.55. The summed E-state index contributed by atoms with van der Waals surface area (Å²) in [5.74, 6) is -1.86. The number of esters is 3. The first-order valence-electron chi connectivity index (χ1n) is 8.65. The first-order valence-corrected chi connectivity index (χ1v) is 8.65. The maximum atomic E-state index is 11.7. The van der Waals surface area contributed by atoms with Gasteiger partial charge in [-0.2, -0.15) is 0 Å². The quantitative estimate of drug-likeness (QED) is 0.509. The van der Waals surface area contributed by atoms with E-state index in [1.165, 1.54) is 0 Å². The average Bonchev–Trinajstić information content (AvgIpc) is 2.46. The molecule has 0 amide bonds. The van der Waals surface area contributed by atoms with Gasteiger partial charge in [0.15, 0.2) is 0 Å². The highest BCUT2D eigenvalue weighted by Gasteiger charge is 2.45. The Kier molecular flexibility index (Phi) is 7.56. The molecule has 0 radical (unpaired) electrons. The number of carbonyl (C=O) groups excluding carboxylic acids is 3. The van der Waals surface area contributed by atoms with E-state index in [0.29, 0.717) is 6.54 Å². The molecule has 0 N–H and O–H groups in total. The second kappa shape index (κ2) is 8.76. The van der Waals surface area contributed by atoms with Crippen LogP contribution in [0, 0.1) is 0 Å². The number of hydrogen-bond donors (Lipinski definition) is 0. The van der Waals surface area contributed by atoms with Gasteiger partial charge >= 0.3 is 17.9 Å². The molecule has 1 heterocycles. The van der Waals surface area contributed by atoms with Gasteiger partial charge in [0.25, 0.3) is 0 Å². The molecule has 1 rings (SSSR count). The van der Waals surface area contributed by atoms with E-state index in [2.05, 4.69) is 37.3 Å². The van der Waals surface area contributed by atoms with Crippen molar-refractivity contribution < 1.29 is 28.6 Å². The number of nitrogens with zero attached hydrogens (tertiary/aromatic N) is 1. The smallest absolute Gasteiger partial charge is 0.314 e. The normalized spacial score (nSPS) is 20.1. The van der Waals surface area contributed by atoms with Gasteiger partial charge in [-0.15, -0.1) is 0 Å². The molecule has 0 aromatic heterocycles. The number of likely N-dealkylation sites (tertiary alicyclic amines) is 1. The predicted octanol–water partition coefficient (Wildman–Crippen LogP) is 2.07. The third-order valence-corrected chi connectivity index (χ3v) is 4.62. The van der Waals surface area contributed by atoms with E-state index < -0.39 is 17.9 Å². The predicted molar refractivity (Wildman–Crippen MR) is 91.9 cm³/mol. The molecule has 1 saturated heterocycles. The number of piperidine rings is 1. The molecule has 0 aromatic carbocycles. The van der Waals surface area contributed by atoms with Crippen molar-refractivity contribution in [3.8, 4) is 0 Å². The zero-order valence-electron chi connectivity index (χ0n) is 16.2. The molecule has 0 spiro atoms. The van der Waals surface area contributed by atoms with Gasteiger partial charge in [-0.1, -0.05) is 0 Å². The topological polar surface area (TPSA) is 82.1 Å². The van der Waals surface area contributed by atoms with E-state index in [1.54, 1.807) is 7.11 Å². The monoisotopic (exact) mass is 357 g/mol. The summed E-state index contributed by atoms with van der Waals surface area (Å²) in [6.07, 6.45) is 1.80. The Labute approximate surface area is 150 Å². The number of ether oxygens (including phenoxy) is 3. The molecule has 0 bridgehead atoms. The summed E-state index contributed by atoms with van der Waals surface area (Å²) in [6, 6.07) is 0. The lowest BCUT2D eigenvalue weighted by atomic mass is 9.78. The fourth-order valence-electron chi connectivity index (χ4n) is 3.74. The first kappa shape index (κ1) is 21.6. The van der Waals surface area contributed by atoms with Gasteiger partial charge in [-0.25, -0.2) is 0 Å². The molecule has 0 aliphatic carbocycles. The van der Waals surface area contributed by atoms with E-state index in [0.717, 1.165) is 19.8 Å². The molecule has 0 unspecified atom stereocenters. The summed E-state index contributed by atoms with van der Waals surface area (Å²) < 4.78 is 15.2. The van der Waals surface area contributed by atoms with Crippen molar-refractivity contribution >= 4 is 17.9 Å². The zero-order valence-corrected chi connectivity index (χ0v) is 16.2. The molecule has 0 aromatic rings. The van der Waals surface area contributed by atoms with Crippen molar-refractivity contribution in [2.24, 2.45) is 0 Å². The van der Waals surface area contributed by atoms with Crippen LogP contribution in [0.15, 0.2) is 0 Å². The Morgan fingerprint density at radius 3 is 2.00 bits per heavy atom. The third kappa shape index (κ3) is 6.74. The Bertz CT molecular complexity index is 482. The minimum Gasteiger partial charge on any atom is -0.464 e. The lowest BCUT2D eigenvalue weighted by molar-refractivity contribution is -0.160. The first-order chi connectivity index (χ1) is 11.5. The molecule has 7 heteroatoms. The van der Waals surface area contributed by atoms with Crippen molar-refractivity contribution in [1.82, 2.24) is 4.90 Å². The Morgan fingerprint density at radius 2 is 1.52 bits per heavy atom. The minimum absolute atomic E-state index is 0.0693. The van der Waals surface area contributed by atoms with Crippen LogP contribution in [0.25, 0.3) is 0 Å². The van der Waals surface area contributed by atoms with Gasteiger partial charge in [0.1, 0.15) is 6.61 Å². The molecule has 25 heavy (non-hydrogen) atoms. The lowest BCUT2D eigenvalue weighted by Crippen LogP contribution is -2.62. The van der Waals surface area contributed by atoms with Crippen molar-refractivity contribution in [1.29, 1.82) is 0 Å². The van der Waals surface area contributed by atoms with Crippen molar-refractivity contribution in [2.45, 2.75) is 77.5 Å². The van der Waals surface area contributed by atoms with Crippen LogP contribution in [0.4, 0.5) is 0 Å². The Morgan fingerprint density at radius 1 is 1.00 bits per heavy atom. The molecule has 144 valence electrons. The van der Waals surface area contributed by atoms with E-state index >= 15 is 0 Å². The number of carbonyl (C=O) groups is 3. The molecular weight excluding hydrogens is 326 g/mol. The van der Waals surface area contributed by atoms with Gasteiger partial charge < -0.3 is 14.2 Å². The van der Waals surface area contributed by atoms with Gasteiger partial charge in [0, 0.05) is 31.7 Å². The summed E-state index contributed by atoms with van der Waals surface area (Å²) in [7, 11) is 1.74. The van der Waals surface area contributed by atoms with Crippen LogP contribution in [0.3, 0.4) is 0 Å². The Hall–Kier alpha value is -1.47. The summed E-state index contributed by atoms with van der Waals surface area (Å²) in [5, 5.41) is 0. The molecule has 1 aliphatic heterocycles. The number of rotatable bonds is 7. The summed E-state index contributed by atoms with van der Waals surface area (Å²) >= 11 is 0. The summed E-state index contributed by atoms with van der Waals surface area (Å²) in [4.78, 5) is 36.0. The number of hydrogen-bond acceptors (Lipinski definition) is 7. The maximum absolute atomic E-state index is 11.7. The fraction of sp³-hybridized carbons (Fsp3) is 0.833. The van der Waals surface area contributed by atoms with Crippen LogP contribution < -0.4 is 0 Å². The van der Waals surface area contributed by atoms with Crippen molar-refractivity contribution in [3.05, 3.63) is 0 Å². The van der Waals surface area contributed by atoms with Gasteiger partial charge in [-0.05, 0) is 40.5 Å². The maximum Gasteiger partial charge on any atom is 0.314 e. The van der Waals surface area contributed by atoms with Crippen LogP contribution in [0.2, 0.25) is 0 Å². The second-order valence-electron chi connectivity index (χ2n) is 7.73.